The molecule has 0 fully saturated rings. The minimum absolute atomic E-state index is 0.135. The van der Waals surface area contributed by atoms with Crippen LogP contribution in [0.5, 0.6) is 11.5 Å². The summed E-state index contributed by atoms with van der Waals surface area (Å²) in [7, 11) is 1.51. The van der Waals surface area contributed by atoms with E-state index in [4.69, 9.17) is 21.1 Å². The average molecular weight is 431 g/mol. The molecule has 2 amide bonds. The normalized spacial score (nSPS) is 10.7. The molecule has 30 heavy (non-hydrogen) atoms. The SMILES string of the molecule is CCOc1cc(/C=C/C(=O)NCC(=O)Nc2c(C)cc(C)cc2C)cc(Cl)c1OC. The van der Waals surface area contributed by atoms with Gasteiger partial charge in [0.05, 0.1) is 25.3 Å². The Morgan fingerprint density at radius 2 is 1.77 bits per heavy atom. The molecule has 0 aliphatic heterocycles. The van der Waals surface area contributed by atoms with Gasteiger partial charge in [-0.25, -0.2) is 0 Å². The quantitative estimate of drug-likeness (QED) is 0.607. The zero-order chi connectivity index (χ0) is 22.3. The molecule has 6 nitrogen and oxygen atoms in total. The molecule has 7 heteroatoms. The predicted molar refractivity (Wildman–Crippen MR) is 120 cm³/mol. The van der Waals surface area contributed by atoms with Gasteiger partial charge < -0.3 is 20.1 Å². The molecule has 0 atom stereocenters. The van der Waals surface area contributed by atoms with Crippen molar-refractivity contribution >= 4 is 35.2 Å². The molecule has 0 unspecified atom stereocenters. The van der Waals surface area contributed by atoms with Crippen molar-refractivity contribution in [1.82, 2.24) is 5.32 Å². The van der Waals surface area contributed by atoms with Crippen molar-refractivity contribution in [2.24, 2.45) is 0 Å². The summed E-state index contributed by atoms with van der Waals surface area (Å²) in [6.07, 6.45) is 2.93. The molecule has 2 N–H and O–H groups in total. The number of amides is 2. The highest BCUT2D eigenvalue weighted by atomic mass is 35.5. The summed E-state index contributed by atoms with van der Waals surface area (Å²) in [6.45, 7) is 8.05. The molecule has 2 rings (SSSR count). The van der Waals surface area contributed by atoms with Crippen LogP contribution >= 0.6 is 11.6 Å². The second-order valence-electron chi connectivity index (χ2n) is 6.84. The summed E-state index contributed by atoms with van der Waals surface area (Å²) in [5.41, 5.74) is 4.54. The number of nitrogens with one attached hydrogen (secondary N) is 2. The topological polar surface area (TPSA) is 76.7 Å². The van der Waals surface area contributed by atoms with Crippen LogP contribution in [0.4, 0.5) is 5.69 Å². The molecule has 0 bridgehead atoms. The number of anilines is 1. The fourth-order valence-electron chi connectivity index (χ4n) is 3.10. The van der Waals surface area contributed by atoms with Crippen molar-refractivity contribution in [1.29, 1.82) is 0 Å². The van der Waals surface area contributed by atoms with Gasteiger partial charge in [-0.15, -0.1) is 0 Å². The number of ether oxygens (including phenoxy) is 2. The van der Waals surface area contributed by atoms with Crippen molar-refractivity contribution in [3.05, 3.63) is 57.6 Å². The van der Waals surface area contributed by atoms with E-state index >= 15 is 0 Å². The lowest BCUT2D eigenvalue weighted by Gasteiger charge is -2.13. The summed E-state index contributed by atoms with van der Waals surface area (Å²) >= 11 is 6.21. The van der Waals surface area contributed by atoms with Gasteiger partial charge in [0.15, 0.2) is 11.5 Å². The van der Waals surface area contributed by atoms with Gasteiger partial charge in [0.2, 0.25) is 11.8 Å². The monoisotopic (exact) mass is 430 g/mol. The van der Waals surface area contributed by atoms with Crippen LogP contribution in [0.2, 0.25) is 5.02 Å². The van der Waals surface area contributed by atoms with Gasteiger partial charge in [0, 0.05) is 11.8 Å². The Labute approximate surface area is 182 Å². The molecule has 0 saturated carbocycles. The standard InChI is InChI=1S/C23H27ClN2O4/c1-6-30-19-12-17(11-18(24)23(19)29-5)7-8-20(27)25-13-21(28)26-22-15(3)9-14(2)10-16(22)4/h7-12H,6,13H2,1-5H3,(H,25,27)(H,26,28)/b8-7+. The summed E-state index contributed by atoms with van der Waals surface area (Å²) in [4.78, 5) is 24.3. The number of hydrogen-bond acceptors (Lipinski definition) is 4. The van der Waals surface area contributed by atoms with Crippen LogP contribution in [0, 0.1) is 20.8 Å². The zero-order valence-corrected chi connectivity index (χ0v) is 18.6. The number of halogens is 1. The maximum Gasteiger partial charge on any atom is 0.244 e. The Kier molecular flexibility index (Phi) is 8.30. The van der Waals surface area contributed by atoms with Gasteiger partial charge in [-0.3, -0.25) is 9.59 Å². The van der Waals surface area contributed by atoms with Crippen LogP contribution in [-0.2, 0) is 9.59 Å². The highest BCUT2D eigenvalue weighted by Crippen LogP contribution is 2.36. The molecule has 0 spiro atoms. The van der Waals surface area contributed by atoms with Crippen LogP contribution in [0.15, 0.2) is 30.3 Å². The number of methoxy groups -OCH3 is 1. The molecule has 2 aromatic rings. The zero-order valence-electron chi connectivity index (χ0n) is 17.9. The van der Waals surface area contributed by atoms with Crippen molar-refractivity contribution in [3.63, 3.8) is 0 Å². The number of benzene rings is 2. The Morgan fingerprint density at radius 3 is 2.37 bits per heavy atom. The molecule has 0 aromatic heterocycles. The van der Waals surface area contributed by atoms with Crippen molar-refractivity contribution < 1.29 is 19.1 Å². The maximum atomic E-state index is 12.2. The third-order valence-electron chi connectivity index (χ3n) is 4.33. The molecule has 160 valence electrons. The molecular weight excluding hydrogens is 404 g/mol. The molecule has 2 aromatic carbocycles. The number of carbonyl (C=O) groups is 2. The lowest BCUT2D eigenvalue weighted by molar-refractivity contribution is -0.121. The Bertz CT molecular complexity index is 947. The predicted octanol–water partition coefficient (Wildman–Crippen LogP) is 4.44. The Hall–Kier alpha value is -2.99. The van der Waals surface area contributed by atoms with Gasteiger partial charge in [0.1, 0.15) is 0 Å². The summed E-state index contributed by atoms with van der Waals surface area (Å²) in [6, 6.07) is 7.40. The van der Waals surface area contributed by atoms with Crippen LogP contribution in [0.3, 0.4) is 0 Å². The lowest BCUT2D eigenvalue weighted by Crippen LogP contribution is -2.32. The van der Waals surface area contributed by atoms with Crippen molar-refractivity contribution in [3.8, 4) is 11.5 Å². The number of carbonyl (C=O) groups excluding carboxylic acids is 2. The fourth-order valence-corrected chi connectivity index (χ4v) is 3.40. The molecule has 0 saturated heterocycles. The number of aryl methyl sites for hydroxylation is 3. The van der Waals surface area contributed by atoms with E-state index in [1.807, 2.05) is 39.8 Å². The third-order valence-corrected chi connectivity index (χ3v) is 4.61. The smallest absolute Gasteiger partial charge is 0.244 e. The summed E-state index contributed by atoms with van der Waals surface area (Å²) in [5.74, 6) is 0.250. The molecule has 0 heterocycles. The largest absolute Gasteiger partial charge is 0.491 e. The fraction of sp³-hybridized carbons (Fsp3) is 0.304. The van der Waals surface area contributed by atoms with E-state index in [0.717, 1.165) is 22.4 Å². The minimum atomic E-state index is -0.396. The second-order valence-corrected chi connectivity index (χ2v) is 7.25. The van der Waals surface area contributed by atoms with Gasteiger partial charge in [-0.05, 0) is 62.6 Å². The Balaban J connectivity index is 1.98. The second kappa shape index (κ2) is 10.7. The van der Waals surface area contributed by atoms with Crippen LogP contribution < -0.4 is 20.1 Å². The van der Waals surface area contributed by atoms with E-state index in [9.17, 15) is 9.59 Å². The van der Waals surface area contributed by atoms with Gasteiger partial charge >= 0.3 is 0 Å². The van der Waals surface area contributed by atoms with Gasteiger partial charge in [-0.1, -0.05) is 29.3 Å². The van der Waals surface area contributed by atoms with Crippen molar-refractivity contribution in [2.45, 2.75) is 27.7 Å². The minimum Gasteiger partial charge on any atom is -0.491 e. The first kappa shape index (κ1) is 23.3. The Morgan fingerprint density at radius 1 is 1.10 bits per heavy atom. The molecule has 0 aliphatic rings. The highest BCUT2D eigenvalue weighted by molar-refractivity contribution is 6.32. The first-order valence-corrected chi connectivity index (χ1v) is 9.96. The number of hydrogen-bond donors (Lipinski definition) is 2. The first-order chi connectivity index (χ1) is 14.2. The third kappa shape index (κ3) is 6.26. The van der Waals surface area contributed by atoms with E-state index in [1.54, 1.807) is 18.2 Å². The van der Waals surface area contributed by atoms with E-state index in [1.165, 1.54) is 13.2 Å². The number of rotatable bonds is 8. The van der Waals surface area contributed by atoms with E-state index in [-0.39, 0.29) is 12.5 Å². The lowest BCUT2D eigenvalue weighted by atomic mass is 10.1. The van der Waals surface area contributed by atoms with Crippen LogP contribution in [0.1, 0.15) is 29.2 Å². The first-order valence-electron chi connectivity index (χ1n) is 9.59. The molecule has 0 radical (unpaired) electrons. The van der Waals surface area contributed by atoms with E-state index in [0.29, 0.717) is 28.7 Å². The van der Waals surface area contributed by atoms with Crippen molar-refractivity contribution in [2.75, 3.05) is 25.6 Å². The van der Waals surface area contributed by atoms with Gasteiger partial charge in [0.25, 0.3) is 0 Å². The molecule has 0 aliphatic carbocycles. The summed E-state index contributed by atoms with van der Waals surface area (Å²) < 4.78 is 10.8. The van der Waals surface area contributed by atoms with E-state index in [2.05, 4.69) is 10.6 Å². The van der Waals surface area contributed by atoms with Crippen LogP contribution in [-0.4, -0.2) is 32.1 Å². The van der Waals surface area contributed by atoms with Crippen LogP contribution in [0.25, 0.3) is 6.08 Å². The van der Waals surface area contributed by atoms with E-state index < -0.39 is 5.91 Å². The molecular formula is C23H27ClN2O4. The maximum absolute atomic E-state index is 12.2. The van der Waals surface area contributed by atoms with Gasteiger partial charge in [-0.2, -0.15) is 0 Å². The highest BCUT2D eigenvalue weighted by Gasteiger charge is 2.11. The average Bonchev–Trinajstić information content (AvgIpc) is 2.67. The summed E-state index contributed by atoms with van der Waals surface area (Å²) in [5, 5.41) is 5.81.